The maximum atomic E-state index is 12.4. The number of hydrogen-bond acceptors (Lipinski definition) is 4. The van der Waals surface area contributed by atoms with Crippen LogP contribution >= 0.6 is 23.4 Å². The summed E-state index contributed by atoms with van der Waals surface area (Å²) in [7, 11) is 0. The molecule has 2 aromatic heterocycles. The Labute approximate surface area is 151 Å². The summed E-state index contributed by atoms with van der Waals surface area (Å²) in [6.07, 6.45) is 1.65. The Morgan fingerprint density at radius 2 is 2.08 bits per heavy atom. The number of nitrogens with one attached hydrogen (secondary N) is 1. The zero-order valence-electron chi connectivity index (χ0n) is 12.7. The van der Waals surface area contributed by atoms with Gasteiger partial charge in [0.1, 0.15) is 5.15 Å². The third-order valence-corrected chi connectivity index (χ3v) is 4.26. The molecule has 2 heterocycles. The molecule has 1 N–H and O–H groups in total. The van der Waals surface area contributed by atoms with E-state index in [0.29, 0.717) is 38.6 Å². The number of thioether (sulfide) groups is 1. The monoisotopic (exact) mass is 379 g/mol. The van der Waals surface area contributed by atoms with E-state index in [9.17, 15) is 13.6 Å². The van der Waals surface area contributed by atoms with Crippen LogP contribution in [0.4, 0.5) is 8.78 Å². The molecule has 0 fully saturated rings. The number of nitrogens with zero attached hydrogens (tertiary/aromatic N) is 2. The van der Waals surface area contributed by atoms with Crippen LogP contribution in [0.2, 0.25) is 5.15 Å². The predicted molar refractivity (Wildman–Crippen MR) is 94.0 cm³/mol. The normalized spacial score (nSPS) is 11.0. The van der Waals surface area contributed by atoms with Crippen LogP contribution in [0.15, 0.2) is 53.6 Å². The maximum absolute atomic E-state index is 12.4. The third-order valence-electron chi connectivity index (χ3n) is 3.35. The molecule has 25 heavy (non-hydrogen) atoms. The van der Waals surface area contributed by atoms with E-state index in [4.69, 9.17) is 11.6 Å². The van der Waals surface area contributed by atoms with Crippen molar-refractivity contribution in [3.63, 3.8) is 0 Å². The van der Waals surface area contributed by atoms with Crippen molar-refractivity contribution in [3.8, 4) is 0 Å². The molecular weight excluding hydrogens is 368 g/mol. The smallest absolute Gasteiger partial charge is 0.288 e. The Morgan fingerprint density at radius 1 is 1.24 bits per heavy atom. The second kappa shape index (κ2) is 7.76. The Kier molecular flexibility index (Phi) is 5.45. The minimum atomic E-state index is -2.53. The summed E-state index contributed by atoms with van der Waals surface area (Å²) in [5.74, 6) is -2.89. The van der Waals surface area contributed by atoms with Crippen LogP contribution < -0.4 is 5.32 Å². The topological polar surface area (TPSA) is 54.9 Å². The maximum Gasteiger partial charge on any atom is 0.288 e. The first kappa shape index (κ1) is 17.6. The van der Waals surface area contributed by atoms with Gasteiger partial charge in [-0.3, -0.25) is 9.78 Å². The fraction of sp³-hybridized carbons (Fsp3) is 0.118. The lowest BCUT2D eigenvalue weighted by molar-refractivity contribution is 0.0950. The van der Waals surface area contributed by atoms with E-state index in [1.54, 1.807) is 30.5 Å². The summed E-state index contributed by atoms with van der Waals surface area (Å²) in [5, 5.41) is 3.94. The molecule has 0 radical (unpaired) electrons. The van der Waals surface area contributed by atoms with Gasteiger partial charge in [-0.15, -0.1) is 0 Å². The minimum absolute atomic E-state index is 0.190. The van der Waals surface area contributed by atoms with Gasteiger partial charge < -0.3 is 5.32 Å². The zero-order chi connectivity index (χ0) is 17.8. The fourth-order valence-electron chi connectivity index (χ4n) is 2.22. The zero-order valence-corrected chi connectivity index (χ0v) is 14.3. The van der Waals surface area contributed by atoms with Crippen molar-refractivity contribution >= 4 is 40.2 Å². The van der Waals surface area contributed by atoms with Crippen LogP contribution in [-0.2, 0) is 6.54 Å². The van der Waals surface area contributed by atoms with Gasteiger partial charge >= 0.3 is 0 Å². The van der Waals surface area contributed by atoms with Crippen LogP contribution in [0.3, 0.4) is 0 Å². The molecule has 4 nitrogen and oxygen atoms in total. The number of carbonyl (C=O) groups is 1. The number of carbonyl (C=O) groups excluding carboxylic acids is 1. The molecule has 0 saturated carbocycles. The fourth-order valence-corrected chi connectivity index (χ4v) is 2.93. The van der Waals surface area contributed by atoms with E-state index in [2.05, 4.69) is 15.3 Å². The number of hydrogen-bond donors (Lipinski definition) is 1. The quantitative estimate of drug-likeness (QED) is 0.522. The second-order valence-corrected chi connectivity index (χ2v) is 6.54. The van der Waals surface area contributed by atoms with Gasteiger partial charge in [0.15, 0.2) is 0 Å². The van der Waals surface area contributed by atoms with Crippen molar-refractivity contribution in [3.05, 3.63) is 65.1 Å². The van der Waals surface area contributed by atoms with Crippen molar-refractivity contribution in [1.29, 1.82) is 0 Å². The van der Waals surface area contributed by atoms with Crippen LogP contribution in [0, 0.1) is 0 Å². The Morgan fingerprint density at radius 3 is 2.88 bits per heavy atom. The Bertz CT molecular complexity index is 923. The van der Waals surface area contributed by atoms with Crippen molar-refractivity contribution in [2.45, 2.75) is 17.2 Å². The average molecular weight is 380 g/mol. The highest BCUT2D eigenvalue weighted by atomic mass is 35.5. The van der Waals surface area contributed by atoms with Gasteiger partial charge in [-0.25, -0.2) is 4.98 Å². The van der Waals surface area contributed by atoms with Gasteiger partial charge in [-0.05, 0) is 36.4 Å². The Balaban J connectivity index is 1.69. The second-order valence-electron chi connectivity index (χ2n) is 5.09. The molecule has 0 bridgehead atoms. The van der Waals surface area contributed by atoms with E-state index in [1.807, 2.05) is 6.07 Å². The first-order valence-corrected chi connectivity index (χ1v) is 8.51. The summed E-state index contributed by atoms with van der Waals surface area (Å²) in [5.41, 5.74) is 1.61. The van der Waals surface area contributed by atoms with Crippen LogP contribution in [-0.4, -0.2) is 21.6 Å². The van der Waals surface area contributed by atoms with Gasteiger partial charge in [0.2, 0.25) is 0 Å². The van der Waals surface area contributed by atoms with E-state index >= 15 is 0 Å². The standard InChI is InChI=1S/C17H12ClF2N3OS/c18-15-5-4-11-8-21-12(7-14(11)23-15)9-22-16(24)10-2-1-3-13(6-10)25-17(19)20/h1-8,17H,9H2,(H,22,24). The molecule has 3 aromatic rings. The minimum Gasteiger partial charge on any atom is -0.346 e. The molecule has 1 aromatic carbocycles. The number of pyridine rings is 2. The molecule has 0 unspecified atom stereocenters. The first-order chi connectivity index (χ1) is 12.0. The highest BCUT2D eigenvalue weighted by molar-refractivity contribution is 7.99. The van der Waals surface area contributed by atoms with Crippen LogP contribution in [0.1, 0.15) is 16.1 Å². The van der Waals surface area contributed by atoms with Crippen molar-refractivity contribution in [2.75, 3.05) is 0 Å². The van der Waals surface area contributed by atoms with E-state index in [1.165, 1.54) is 12.1 Å². The number of rotatable bonds is 5. The summed E-state index contributed by atoms with van der Waals surface area (Å²) in [6, 6.07) is 11.3. The lowest BCUT2D eigenvalue weighted by atomic mass is 10.2. The van der Waals surface area contributed by atoms with Gasteiger partial charge in [0.05, 0.1) is 17.8 Å². The molecule has 0 spiro atoms. The number of fused-ring (bicyclic) bond motifs is 1. The summed E-state index contributed by atoms with van der Waals surface area (Å²) in [6.45, 7) is 0.190. The number of amides is 1. The van der Waals surface area contributed by atoms with Crippen molar-refractivity contribution in [2.24, 2.45) is 0 Å². The molecule has 3 rings (SSSR count). The van der Waals surface area contributed by atoms with E-state index < -0.39 is 5.76 Å². The van der Waals surface area contributed by atoms with Crippen molar-refractivity contribution in [1.82, 2.24) is 15.3 Å². The lowest BCUT2D eigenvalue weighted by Gasteiger charge is -2.07. The van der Waals surface area contributed by atoms with Gasteiger partial charge in [-0.1, -0.05) is 29.4 Å². The van der Waals surface area contributed by atoms with Gasteiger partial charge in [-0.2, -0.15) is 8.78 Å². The molecule has 1 amide bonds. The van der Waals surface area contributed by atoms with E-state index in [-0.39, 0.29) is 12.5 Å². The number of halogens is 3. The first-order valence-electron chi connectivity index (χ1n) is 7.25. The largest absolute Gasteiger partial charge is 0.346 e. The third kappa shape index (κ3) is 4.64. The number of aromatic nitrogens is 2. The summed E-state index contributed by atoms with van der Waals surface area (Å²) >= 11 is 6.27. The van der Waals surface area contributed by atoms with E-state index in [0.717, 1.165) is 5.39 Å². The highest BCUT2D eigenvalue weighted by Crippen LogP contribution is 2.25. The molecule has 0 aliphatic carbocycles. The highest BCUT2D eigenvalue weighted by Gasteiger charge is 2.10. The SMILES string of the molecule is O=C(NCc1cc2nc(Cl)ccc2cn1)c1cccc(SC(F)F)c1. The molecule has 0 saturated heterocycles. The summed E-state index contributed by atoms with van der Waals surface area (Å²) in [4.78, 5) is 21.0. The molecule has 128 valence electrons. The molecular formula is C17H12ClF2N3OS. The summed E-state index contributed by atoms with van der Waals surface area (Å²) < 4.78 is 24.8. The van der Waals surface area contributed by atoms with Gasteiger partial charge in [0, 0.05) is 22.0 Å². The van der Waals surface area contributed by atoms with Crippen LogP contribution in [0.5, 0.6) is 0 Å². The van der Waals surface area contributed by atoms with Crippen molar-refractivity contribution < 1.29 is 13.6 Å². The van der Waals surface area contributed by atoms with Gasteiger partial charge in [0.25, 0.3) is 11.7 Å². The average Bonchev–Trinajstić information content (AvgIpc) is 2.59. The molecule has 0 atom stereocenters. The molecule has 8 heteroatoms. The lowest BCUT2D eigenvalue weighted by Crippen LogP contribution is -2.23. The predicted octanol–water partition coefficient (Wildman–Crippen LogP) is 4.53. The number of alkyl halides is 2. The molecule has 0 aliphatic rings. The van der Waals surface area contributed by atoms with Crippen LogP contribution in [0.25, 0.3) is 10.9 Å². The Hall–Kier alpha value is -2.25. The molecule has 0 aliphatic heterocycles. The number of benzene rings is 1.